The molecule has 2 amide bonds. The van der Waals surface area contributed by atoms with E-state index in [0.29, 0.717) is 37.3 Å². The number of nitrogen functional groups attached to an aromatic ring is 1. The van der Waals surface area contributed by atoms with Gasteiger partial charge in [-0.2, -0.15) is 0 Å². The topological polar surface area (TPSA) is 88.3 Å². The molecule has 17 heavy (non-hydrogen) atoms. The summed E-state index contributed by atoms with van der Waals surface area (Å²) < 4.78 is 0. The number of anilines is 1. The minimum atomic E-state index is -0.151. The average molecular weight is 234 g/mol. The number of nitrogens with two attached hydrogens (primary N) is 1. The zero-order chi connectivity index (χ0) is 12.3. The summed E-state index contributed by atoms with van der Waals surface area (Å²) in [4.78, 5) is 28.8. The molecule has 2 rings (SSSR count). The molecular formula is C11H14N4O2. The number of hydrogen-bond acceptors (Lipinski definition) is 4. The Bertz CT molecular complexity index is 447. The van der Waals surface area contributed by atoms with Gasteiger partial charge in [-0.15, -0.1) is 0 Å². The van der Waals surface area contributed by atoms with Crippen molar-refractivity contribution in [1.29, 1.82) is 0 Å². The molecule has 1 aromatic heterocycles. The molecule has 0 unspecified atom stereocenters. The molecule has 0 aliphatic carbocycles. The second-order valence-electron chi connectivity index (χ2n) is 3.86. The maximum atomic E-state index is 12.2. The molecule has 1 aliphatic heterocycles. The SMILES string of the molecule is Nc1cnccc1C(=O)N1CCNC(=O)CC1. The van der Waals surface area contributed by atoms with Gasteiger partial charge in [-0.25, -0.2) is 0 Å². The van der Waals surface area contributed by atoms with Gasteiger partial charge in [0.2, 0.25) is 5.91 Å². The lowest BCUT2D eigenvalue weighted by Gasteiger charge is -2.20. The highest BCUT2D eigenvalue weighted by Crippen LogP contribution is 2.12. The Hall–Kier alpha value is -2.11. The van der Waals surface area contributed by atoms with Gasteiger partial charge in [0.15, 0.2) is 0 Å². The van der Waals surface area contributed by atoms with Crippen LogP contribution in [0.2, 0.25) is 0 Å². The van der Waals surface area contributed by atoms with Crippen molar-refractivity contribution in [2.75, 3.05) is 25.4 Å². The number of aromatic nitrogens is 1. The van der Waals surface area contributed by atoms with Crippen molar-refractivity contribution in [1.82, 2.24) is 15.2 Å². The Morgan fingerprint density at radius 3 is 3.06 bits per heavy atom. The Labute approximate surface area is 98.8 Å². The monoisotopic (exact) mass is 234 g/mol. The minimum Gasteiger partial charge on any atom is -0.397 e. The van der Waals surface area contributed by atoms with Gasteiger partial charge in [-0.1, -0.05) is 0 Å². The Balaban J connectivity index is 2.14. The van der Waals surface area contributed by atoms with Crippen LogP contribution in [0.1, 0.15) is 16.8 Å². The van der Waals surface area contributed by atoms with E-state index in [4.69, 9.17) is 5.73 Å². The van der Waals surface area contributed by atoms with Crippen molar-refractivity contribution in [3.8, 4) is 0 Å². The number of amides is 2. The van der Waals surface area contributed by atoms with E-state index in [-0.39, 0.29) is 11.8 Å². The third kappa shape index (κ3) is 2.52. The number of hydrogen-bond donors (Lipinski definition) is 2. The van der Waals surface area contributed by atoms with Gasteiger partial charge in [0.05, 0.1) is 17.4 Å². The van der Waals surface area contributed by atoms with Gasteiger partial charge >= 0.3 is 0 Å². The molecule has 0 radical (unpaired) electrons. The summed E-state index contributed by atoms with van der Waals surface area (Å²) in [6.45, 7) is 1.41. The normalized spacial score (nSPS) is 16.2. The van der Waals surface area contributed by atoms with Crippen molar-refractivity contribution < 1.29 is 9.59 Å². The minimum absolute atomic E-state index is 0.0250. The summed E-state index contributed by atoms with van der Waals surface area (Å²) in [6.07, 6.45) is 3.32. The molecule has 90 valence electrons. The zero-order valence-corrected chi connectivity index (χ0v) is 9.35. The third-order valence-electron chi connectivity index (χ3n) is 2.68. The summed E-state index contributed by atoms with van der Waals surface area (Å²) in [5.41, 5.74) is 6.50. The van der Waals surface area contributed by atoms with Crippen LogP contribution in [0.25, 0.3) is 0 Å². The zero-order valence-electron chi connectivity index (χ0n) is 9.35. The average Bonchev–Trinajstić information content (AvgIpc) is 2.54. The third-order valence-corrected chi connectivity index (χ3v) is 2.68. The van der Waals surface area contributed by atoms with Gasteiger partial charge in [0.25, 0.3) is 5.91 Å². The van der Waals surface area contributed by atoms with Crippen molar-refractivity contribution in [2.45, 2.75) is 6.42 Å². The number of rotatable bonds is 1. The predicted octanol–water partition coefficient (Wildman–Crippen LogP) is -0.374. The van der Waals surface area contributed by atoms with E-state index in [9.17, 15) is 9.59 Å². The number of pyridine rings is 1. The molecule has 0 bridgehead atoms. The fraction of sp³-hybridized carbons (Fsp3) is 0.364. The second kappa shape index (κ2) is 4.82. The molecule has 0 saturated carbocycles. The van der Waals surface area contributed by atoms with E-state index in [1.54, 1.807) is 11.0 Å². The van der Waals surface area contributed by atoms with Crippen LogP contribution in [0.3, 0.4) is 0 Å². The fourth-order valence-electron chi connectivity index (χ4n) is 1.74. The summed E-state index contributed by atoms with van der Waals surface area (Å²) in [7, 11) is 0. The standard InChI is InChI=1S/C11H14N4O2/c12-9-7-13-3-1-8(9)11(17)15-5-2-10(16)14-4-6-15/h1,3,7H,2,4-6,12H2,(H,14,16). The summed E-state index contributed by atoms with van der Waals surface area (Å²) in [5, 5.41) is 2.72. The van der Waals surface area contributed by atoms with Crippen LogP contribution >= 0.6 is 0 Å². The highest BCUT2D eigenvalue weighted by molar-refractivity contribution is 5.99. The van der Waals surface area contributed by atoms with Crippen LogP contribution in [-0.2, 0) is 4.79 Å². The van der Waals surface area contributed by atoms with Crippen LogP contribution in [0, 0.1) is 0 Å². The molecule has 1 saturated heterocycles. The van der Waals surface area contributed by atoms with Crippen LogP contribution < -0.4 is 11.1 Å². The first kappa shape index (κ1) is 11.4. The van der Waals surface area contributed by atoms with Gasteiger partial charge in [0.1, 0.15) is 0 Å². The van der Waals surface area contributed by atoms with Crippen LogP contribution in [0.15, 0.2) is 18.5 Å². The maximum absolute atomic E-state index is 12.2. The van der Waals surface area contributed by atoms with E-state index >= 15 is 0 Å². The van der Waals surface area contributed by atoms with Crippen LogP contribution in [0.5, 0.6) is 0 Å². The molecule has 1 aliphatic rings. The highest BCUT2D eigenvalue weighted by Gasteiger charge is 2.20. The first-order chi connectivity index (χ1) is 8.18. The highest BCUT2D eigenvalue weighted by atomic mass is 16.2. The first-order valence-corrected chi connectivity index (χ1v) is 5.44. The first-order valence-electron chi connectivity index (χ1n) is 5.44. The Kier molecular flexibility index (Phi) is 3.22. The van der Waals surface area contributed by atoms with Gasteiger partial charge in [-0.05, 0) is 6.07 Å². The number of carbonyl (C=O) groups excluding carboxylic acids is 2. The van der Waals surface area contributed by atoms with Crippen LogP contribution in [0.4, 0.5) is 5.69 Å². The van der Waals surface area contributed by atoms with E-state index in [0.717, 1.165) is 0 Å². The molecule has 6 heteroatoms. The van der Waals surface area contributed by atoms with E-state index < -0.39 is 0 Å². The quantitative estimate of drug-likeness (QED) is 0.693. The van der Waals surface area contributed by atoms with Crippen molar-refractivity contribution >= 4 is 17.5 Å². The van der Waals surface area contributed by atoms with Gasteiger partial charge in [-0.3, -0.25) is 14.6 Å². The lowest BCUT2D eigenvalue weighted by molar-refractivity contribution is -0.120. The lowest BCUT2D eigenvalue weighted by Crippen LogP contribution is -2.34. The van der Waals surface area contributed by atoms with Gasteiger partial charge < -0.3 is 16.0 Å². The van der Waals surface area contributed by atoms with E-state index in [2.05, 4.69) is 10.3 Å². The lowest BCUT2D eigenvalue weighted by atomic mass is 10.2. The molecule has 1 fully saturated rings. The number of nitrogens with zero attached hydrogens (tertiary/aromatic N) is 2. The van der Waals surface area contributed by atoms with Crippen molar-refractivity contribution in [2.24, 2.45) is 0 Å². The molecule has 6 nitrogen and oxygen atoms in total. The van der Waals surface area contributed by atoms with Gasteiger partial charge in [0, 0.05) is 32.3 Å². The van der Waals surface area contributed by atoms with Crippen molar-refractivity contribution in [3.05, 3.63) is 24.0 Å². The summed E-state index contributed by atoms with van der Waals surface area (Å²) in [6, 6.07) is 1.60. The molecule has 0 aromatic carbocycles. The molecular weight excluding hydrogens is 220 g/mol. The Morgan fingerprint density at radius 2 is 2.29 bits per heavy atom. The summed E-state index contributed by atoms with van der Waals surface area (Å²) in [5.74, 6) is -0.176. The second-order valence-corrected chi connectivity index (χ2v) is 3.86. The molecule has 0 atom stereocenters. The summed E-state index contributed by atoms with van der Waals surface area (Å²) >= 11 is 0. The molecule has 0 spiro atoms. The van der Waals surface area contributed by atoms with Crippen LogP contribution in [-0.4, -0.2) is 41.3 Å². The Morgan fingerprint density at radius 1 is 1.47 bits per heavy atom. The fourth-order valence-corrected chi connectivity index (χ4v) is 1.74. The van der Waals surface area contributed by atoms with E-state index in [1.807, 2.05) is 0 Å². The molecule has 1 aromatic rings. The number of carbonyl (C=O) groups is 2. The number of nitrogens with one attached hydrogen (secondary N) is 1. The molecule has 3 N–H and O–H groups in total. The predicted molar refractivity (Wildman–Crippen MR) is 62.2 cm³/mol. The van der Waals surface area contributed by atoms with E-state index in [1.165, 1.54) is 12.4 Å². The van der Waals surface area contributed by atoms with Crippen molar-refractivity contribution in [3.63, 3.8) is 0 Å². The smallest absolute Gasteiger partial charge is 0.256 e. The maximum Gasteiger partial charge on any atom is 0.256 e. The largest absolute Gasteiger partial charge is 0.397 e. The molecule has 2 heterocycles.